The molecule has 0 radical (unpaired) electrons. The fraction of sp³-hybridized carbons (Fsp3) is 0.800. The molecule has 1 aliphatic rings. The van der Waals surface area contributed by atoms with E-state index in [9.17, 15) is 0 Å². The number of hydrogen-bond acceptors (Lipinski definition) is 1. The maximum Gasteiger partial charge on any atom is 0.0719 e. The lowest BCUT2D eigenvalue weighted by Gasteiger charge is -2.47. The van der Waals surface area contributed by atoms with Crippen molar-refractivity contribution in [2.75, 3.05) is 6.61 Å². The Balaban J connectivity index is 2.52. The van der Waals surface area contributed by atoms with Crippen molar-refractivity contribution in [3.8, 4) is 0 Å². The monoisotopic (exact) mass is 154 g/mol. The van der Waals surface area contributed by atoms with E-state index in [0.717, 1.165) is 6.61 Å². The summed E-state index contributed by atoms with van der Waals surface area (Å²) in [4.78, 5) is 0. The highest BCUT2D eigenvalue weighted by Crippen LogP contribution is 2.44. The first-order valence-corrected chi connectivity index (χ1v) is 4.39. The summed E-state index contributed by atoms with van der Waals surface area (Å²) < 4.78 is 5.68. The van der Waals surface area contributed by atoms with E-state index < -0.39 is 0 Å². The third-order valence-corrected chi connectivity index (χ3v) is 2.74. The van der Waals surface area contributed by atoms with Crippen LogP contribution in [0.2, 0.25) is 0 Å². The quantitative estimate of drug-likeness (QED) is 0.568. The van der Waals surface area contributed by atoms with Crippen molar-refractivity contribution in [2.24, 2.45) is 5.92 Å². The molecule has 0 bridgehead atoms. The molecule has 1 heteroatoms. The van der Waals surface area contributed by atoms with E-state index in [1.165, 1.54) is 18.4 Å². The molecular weight excluding hydrogens is 136 g/mol. The zero-order valence-corrected chi connectivity index (χ0v) is 7.81. The summed E-state index contributed by atoms with van der Waals surface area (Å²) in [7, 11) is 0. The van der Waals surface area contributed by atoms with E-state index in [2.05, 4.69) is 27.4 Å². The molecule has 0 spiro atoms. The van der Waals surface area contributed by atoms with Crippen molar-refractivity contribution in [1.82, 2.24) is 0 Å². The van der Waals surface area contributed by atoms with E-state index in [-0.39, 0.29) is 5.60 Å². The van der Waals surface area contributed by atoms with Gasteiger partial charge in [-0.2, -0.15) is 0 Å². The van der Waals surface area contributed by atoms with Crippen molar-refractivity contribution < 1.29 is 4.74 Å². The predicted molar refractivity (Wildman–Crippen MR) is 47.6 cm³/mol. The number of ether oxygens (including phenoxy) is 1. The molecule has 0 aromatic carbocycles. The second-order valence-electron chi connectivity index (χ2n) is 3.68. The van der Waals surface area contributed by atoms with Gasteiger partial charge in [-0.25, -0.2) is 0 Å². The van der Waals surface area contributed by atoms with Crippen molar-refractivity contribution in [2.45, 2.75) is 39.2 Å². The van der Waals surface area contributed by atoms with Gasteiger partial charge in [0.15, 0.2) is 0 Å². The smallest absolute Gasteiger partial charge is 0.0719 e. The van der Waals surface area contributed by atoms with Gasteiger partial charge in [-0.15, -0.1) is 0 Å². The molecule has 0 aliphatic heterocycles. The van der Waals surface area contributed by atoms with Crippen molar-refractivity contribution in [3.05, 3.63) is 12.2 Å². The molecule has 0 aromatic rings. The summed E-state index contributed by atoms with van der Waals surface area (Å²) in [6, 6.07) is 0. The number of hydrogen-bond donors (Lipinski definition) is 0. The summed E-state index contributed by atoms with van der Waals surface area (Å²) in [5.74, 6) is 0.599. The third kappa shape index (κ3) is 1.48. The second-order valence-corrected chi connectivity index (χ2v) is 3.68. The first kappa shape index (κ1) is 8.79. The van der Waals surface area contributed by atoms with Gasteiger partial charge in [0, 0.05) is 12.5 Å². The van der Waals surface area contributed by atoms with Crippen LogP contribution in [0.1, 0.15) is 33.6 Å². The Hall–Kier alpha value is -0.300. The maximum atomic E-state index is 5.68. The standard InChI is InChI=1S/C10H18O/c1-5-11-10(4)7-6-9(10)8(2)3/h9H,2,5-7H2,1,3-4H3. The highest BCUT2D eigenvalue weighted by atomic mass is 16.5. The Bertz CT molecular complexity index is 162. The molecule has 0 amide bonds. The Labute approximate surface area is 69.4 Å². The van der Waals surface area contributed by atoms with Gasteiger partial charge in [0.2, 0.25) is 0 Å². The molecule has 2 unspecified atom stereocenters. The van der Waals surface area contributed by atoms with Gasteiger partial charge in [0.1, 0.15) is 0 Å². The molecule has 1 fully saturated rings. The van der Waals surface area contributed by atoms with Gasteiger partial charge >= 0.3 is 0 Å². The van der Waals surface area contributed by atoms with Gasteiger partial charge in [-0.05, 0) is 33.6 Å². The second kappa shape index (κ2) is 2.98. The zero-order chi connectivity index (χ0) is 8.48. The van der Waals surface area contributed by atoms with E-state index >= 15 is 0 Å². The molecule has 1 saturated carbocycles. The molecule has 64 valence electrons. The summed E-state index contributed by atoms with van der Waals surface area (Å²) >= 11 is 0. The van der Waals surface area contributed by atoms with Crippen LogP contribution in [0.25, 0.3) is 0 Å². The van der Waals surface area contributed by atoms with Crippen LogP contribution in [0.3, 0.4) is 0 Å². The van der Waals surface area contributed by atoms with Gasteiger partial charge < -0.3 is 4.74 Å². The summed E-state index contributed by atoms with van der Waals surface area (Å²) in [5.41, 5.74) is 1.38. The van der Waals surface area contributed by atoms with Crippen LogP contribution < -0.4 is 0 Å². The van der Waals surface area contributed by atoms with Gasteiger partial charge in [0.05, 0.1) is 5.60 Å². The Morgan fingerprint density at radius 3 is 2.64 bits per heavy atom. The SMILES string of the molecule is C=C(C)C1CCC1(C)OCC. The average Bonchev–Trinajstić information content (AvgIpc) is 1.85. The Kier molecular flexibility index (Phi) is 2.38. The van der Waals surface area contributed by atoms with Crippen LogP contribution in [0.15, 0.2) is 12.2 Å². The van der Waals surface area contributed by atoms with Gasteiger partial charge in [-0.1, -0.05) is 12.2 Å². The lowest BCUT2D eigenvalue weighted by atomic mass is 9.67. The van der Waals surface area contributed by atoms with Crippen LogP contribution in [0, 0.1) is 5.92 Å². The van der Waals surface area contributed by atoms with Crippen LogP contribution in [0.4, 0.5) is 0 Å². The summed E-state index contributed by atoms with van der Waals surface area (Å²) in [5, 5.41) is 0. The fourth-order valence-electron chi connectivity index (χ4n) is 1.97. The van der Waals surface area contributed by atoms with E-state index in [4.69, 9.17) is 4.74 Å². The molecule has 1 aliphatic carbocycles. The highest BCUT2D eigenvalue weighted by molar-refractivity contribution is 5.11. The minimum atomic E-state index is 0.112. The zero-order valence-electron chi connectivity index (χ0n) is 7.81. The molecule has 2 atom stereocenters. The van der Waals surface area contributed by atoms with Crippen molar-refractivity contribution in [1.29, 1.82) is 0 Å². The van der Waals surface area contributed by atoms with Crippen LogP contribution >= 0.6 is 0 Å². The molecule has 11 heavy (non-hydrogen) atoms. The van der Waals surface area contributed by atoms with Gasteiger partial charge in [-0.3, -0.25) is 0 Å². The predicted octanol–water partition coefficient (Wildman–Crippen LogP) is 2.77. The largest absolute Gasteiger partial charge is 0.375 e. The van der Waals surface area contributed by atoms with E-state index in [1.807, 2.05) is 0 Å². The normalized spacial score (nSPS) is 36.5. The third-order valence-electron chi connectivity index (χ3n) is 2.74. The average molecular weight is 154 g/mol. The topological polar surface area (TPSA) is 9.23 Å². The highest BCUT2D eigenvalue weighted by Gasteiger charge is 2.43. The summed E-state index contributed by atoms with van der Waals surface area (Å²) in [6.07, 6.45) is 2.45. The lowest BCUT2D eigenvalue weighted by molar-refractivity contribution is -0.115. The molecule has 0 heterocycles. The molecule has 1 rings (SSSR count). The molecule has 0 aromatic heterocycles. The van der Waals surface area contributed by atoms with Crippen LogP contribution in [-0.4, -0.2) is 12.2 Å². The Morgan fingerprint density at radius 2 is 2.36 bits per heavy atom. The van der Waals surface area contributed by atoms with E-state index in [1.54, 1.807) is 0 Å². The van der Waals surface area contributed by atoms with Crippen molar-refractivity contribution >= 4 is 0 Å². The van der Waals surface area contributed by atoms with Crippen LogP contribution in [-0.2, 0) is 4.74 Å². The minimum absolute atomic E-state index is 0.112. The Morgan fingerprint density at radius 1 is 1.73 bits per heavy atom. The molecule has 0 saturated heterocycles. The van der Waals surface area contributed by atoms with E-state index in [0.29, 0.717) is 5.92 Å². The van der Waals surface area contributed by atoms with Gasteiger partial charge in [0.25, 0.3) is 0 Å². The van der Waals surface area contributed by atoms with Crippen molar-refractivity contribution in [3.63, 3.8) is 0 Å². The van der Waals surface area contributed by atoms with Crippen LogP contribution in [0.5, 0.6) is 0 Å². The first-order chi connectivity index (χ1) is 5.10. The summed E-state index contributed by atoms with van der Waals surface area (Å²) in [6.45, 7) is 11.1. The molecule has 0 N–H and O–H groups in total. The number of rotatable bonds is 3. The lowest BCUT2D eigenvalue weighted by Crippen LogP contribution is -2.47. The minimum Gasteiger partial charge on any atom is -0.375 e. The maximum absolute atomic E-state index is 5.68. The first-order valence-electron chi connectivity index (χ1n) is 4.39. The molecule has 1 nitrogen and oxygen atoms in total. The fourth-order valence-corrected chi connectivity index (χ4v) is 1.97. The molecular formula is C10H18O.